The molecule has 11 heteroatoms. The number of tetrazole rings is 1. The van der Waals surface area contributed by atoms with Gasteiger partial charge in [0, 0.05) is 29.8 Å². The van der Waals surface area contributed by atoms with E-state index in [2.05, 4.69) is 28.2 Å². The van der Waals surface area contributed by atoms with E-state index in [0.717, 1.165) is 18.4 Å². The molecular formula is C21H25ClFN5O3S. The molecule has 0 radical (unpaired) electrons. The van der Waals surface area contributed by atoms with Crippen molar-refractivity contribution in [2.45, 2.75) is 43.5 Å². The number of rotatable bonds is 8. The highest BCUT2D eigenvalue weighted by atomic mass is 35.5. The average Bonchev–Trinajstić information content (AvgIpc) is 3.50. The topological polar surface area (TPSA) is 101 Å². The monoisotopic (exact) mass is 481 g/mol. The zero-order chi connectivity index (χ0) is 22.0. The molecule has 4 rings (SSSR count). The maximum Gasteiger partial charge on any atom is 0.305 e. The number of hydrogen-bond acceptors (Lipinski definition) is 7. The minimum atomic E-state index is -0.934. The molecule has 1 saturated heterocycles. The Balaban J connectivity index is 0.00000289. The van der Waals surface area contributed by atoms with Crippen LogP contribution in [0.2, 0.25) is 0 Å². The molecule has 1 aromatic heterocycles. The first-order valence-electron chi connectivity index (χ1n) is 10.3. The lowest BCUT2D eigenvalue weighted by atomic mass is 9.93. The number of aromatic nitrogens is 4. The van der Waals surface area contributed by atoms with Crippen LogP contribution in [0.15, 0.2) is 29.8 Å². The van der Waals surface area contributed by atoms with Crippen molar-refractivity contribution in [2.75, 3.05) is 13.1 Å². The number of carboxylic acids is 1. The fourth-order valence-electron chi connectivity index (χ4n) is 3.91. The third-order valence-corrected chi connectivity index (χ3v) is 6.32. The fraction of sp³-hybridized carbons (Fsp3) is 0.476. The van der Waals surface area contributed by atoms with Crippen molar-refractivity contribution in [3.63, 3.8) is 0 Å². The van der Waals surface area contributed by atoms with E-state index in [4.69, 9.17) is 5.11 Å². The molecule has 1 saturated carbocycles. The van der Waals surface area contributed by atoms with Crippen LogP contribution in [0.3, 0.4) is 0 Å². The fourth-order valence-corrected chi connectivity index (χ4v) is 4.19. The van der Waals surface area contributed by atoms with Gasteiger partial charge in [-0.1, -0.05) is 18.2 Å². The van der Waals surface area contributed by atoms with Crippen LogP contribution >= 0.6 is 25.0 Å². The average molecular weight is 482 g/mol. The summed E-state index contributed by atoms with van der Waals surface area (Å²) >= 11 is 4.68. The molecule has 2 unspecified atom stereocenters. The van der Waals surface area contributed by atoms with Crippen LogP contribution in [0.1, 0.15) is 43.1 Å². The highest BCUT2D eigenvalue weighted by Gasteiger charge is 2.40. The summed E-state index contributed by atoms with van der Waals surface area (Å²) in [5.41, 5.74) is 1.31. The Morgan fingerprint density at radius 3 is 2.72 bits per heavy atom. The quantitative estimate of drug-likeness (QED) is 0.559. The van der Waals surface area contributed by atoms with E-state index in [1.165, 1.54) is 10.7 Å². The number of thiol groups is 1. The smallest absolute Gasteiger partial charge is 0.305 e. The van der Waals surface area contributed by atoms with E-state index in [9.17, 15) is 14.0 Å². The minimum Gasteiger partial charge on any atom is -0.481 e. The van der Waals surface area contributed by atoms with Gasteiger partial charge in [-0.2, -0.15) is 12.6 Å². The molecule has 1 aromatic carbocycles. The first-order valence-corrected chi connectivity index (χ1v) is 10.8. The number of piperidine rings is 1. The number of carbonyl (C=O) groups is 2. The Labute approximate surface area is 196 Å². The molecule has 2 heterocycles. The SMILES string of the molecule is Cl.O=C(O)CCn1nnnc1/C=C1/CN(C(C(=O)C2CC2)c2ccccc2F)CCC1S. The minimum absolute atomic E-state index is 0. The number of aliphatic carboxylic acids is 1. The summed E-state index contributed by atoms with van der Waals surface area (Å²) in [4.78, 5) is 26.0. The van der Waals surface area contributed by atoms with Gasteiger partial charge in [0.05, 0.1) is 19.0 Å². The summed E-state index contributed by atoms with van der Waals surface area (Å²) < 4.78 is 16.1. The molecule has 32 heavy (non-hydrogen) atoms. The van der Waals surface area contributed by atoms with E-state index in [1.54, 1.807) is 24.3 Å². The van der Waals surface area contributed by atoms with Crippen molar-refractivity contribution in [1.82, 2.24) is 25.1 Å². The Kier molecular flexibility index (Phi) is 8.02. The predicted octanol–water partition coefficient (Wildman–Crippen LogP) is 2.82. The molecule has 8 nitrogen and oxygen atoms in total. The molecular weight excluding hydrogens is 457 g/mol. The third-order valence-electron chi connectivity index (χ3n) is 5.73. The van der Waals surface area contributed by atoms with Crippen molar-refractivity contribution < 1.29 is 19.1 Å². The molecule has 2 atom stereocenters. The maximum atomic E-state index is 14.6. The summed E-state index contributed by atoms with van der Waals surface area (Å²) in [6.07, 6.45) is 4.10. The van der Waals surface area contributed by atoms with Crippen molar-refractivity contribution in [1.29, 1.82) is 0 Å². The molecule has 2 fully saturated rings. The molecule has 0 bridgehead atoms. The normalized spacial score (nSPS) is 21.2. The lowest BCUT2D eigenvalue weighted by molar-refractivity contribution is -0.137. The lowest BCUT2D eigenvalue weighted by Crippen LogP contribution is -2.42. The van der Waals surface area contributed by atoms with Crippen LogP contribution in [0.4, 0.5) is 4.39 Å². The second-order valence-electron chi connectivity index (χ2n) is 8.00. The van der Waals surface area contributed by atoms with Gasteiger partial charge in [0.1, 0.15) is 5.82 Å². The lowest BCUT2D eigenvalue weighted by Gasteiger charge is -2.37. The number of halogens is 2. The number of Topliss-reactive ketones (excluding diaryl/α,β-unsaturated/α-hetero) is 1. The van der Waals surface area contributed by atoms with Crippen LogP contribution in [0, 0.1) is 11.7 Å². The predicted molar refractivity (Wildman–Crippen MR) is 121 cm³/mol. The van der Waals surface area contributed by atoms with E-state index in [1.807, 2.05) is 4.90 Å². The van der Waals surface area contributed by atoms with Crippen molar-refractivity contribution in [3.8, 4) is 0 Å². The van der Waals surface area contributed by atoms with E-state index >= 15 is 0 Å². The highest BCUT2D eigenvalue weighted by Crippen LogP contribution is 2.39. The van der Waals surface area contributed by atoms with Crippen LogP contribution in [-0.2, 0) is 16.1 Å². The summed E-state index contributed by atoms with van der Waals surface area (Å²) in [6, 6.07) is 5.81. The maximum absolute atomic E-state index is 14.6. The van der Waals surface area contributed by atoms with Gasteiger partial charge in [-0.25, -0.2) is 9.07 Å². The Morgan fingerprint density at radius 1 is 1.28 bits per heavy atom. The van der Waals surface area contributed by atoms with Crippen LogP contribution in [-0.4, -0.2) is 60.3 Å². The van der Waals surface area contributed by atoms with Gasteiger partial charge in [-0.05, 0) is 47.4 Å². The van der Waals surface area contributed by atoms with E-state index < -0.39 is 12.0 Å². The van der Waals surface area contributed by atoms with Gasteiger partial charge in [-0.3, -0.25) is 14.5 Å². The summed E-state index contributed by atoms with van der Waals surface area (Å²) in [6.45, 7) is 1.20. The second-order valence-corrected chi connectivity index (χ2v) is 8.62. The number of carbonyl (C=O) groups excluding carboxylic acids is 1. The third kappa shape index (κ3) is 5.54. The van der Waals surface area contributed by atoms with Crippen molar-refractivity contribution >= 4 is 42.9 Å². The van der Waals surface area contributed by atoms with Crippen molar-refractivity contribution in [2.24, 2.45) is 5.92 Å². The standard InChI is InChI=1S/C21H24FN5O3S.ClH/c22-16-4-2-1-3-15(16)20(21(30)13-5-6-13)26-9-7-17(31)14(12-26)11-18-23-24-25-27(18)10-8-19(28)29;/h1-4,11,13,17,20,31H,5-10,12H2,(H,28,29);1H/b14-11-;. The Morgan fingerprint density at radius 2 is 2.03 bits per heavy atom. The van der Waals surface area contributed by atoms with Gasteiger partial charge >= 0.3 is 5.97 Å². The molecule has 1 aliphatic heterocycles. The number of aryl methyl sites for hydroxylation is 1. The molecule has 1 aliphatic carbocycles. The first kappa shape index (κ1) is 24.3. The number of carboxylic acid groups (broad SMARTS) is 1. The molecule has 0 amide bonds. The number of hydrogen-bond donors (Lipinski definition) is 2. The summed E-state index contributed by atoms with van der Waals surface area (Å²) in [5.74, 6) is -0.815. The van der Waals surface area contributed by atoms with Crippen LogP contribution < -0.4 is 0 Å². The Hall–Kier alpha value is -2.30. The van der Waals surface area contributed by atoms with Gasteiger partial charge in [-0.15, -0.1) is 17.5 Å². The molecule has 172 valence electrons. The van der Waals surface area contributed by atoms with Gasteiger partial charge < -0.3 is 5.11 Å². The number of nitrogens with zero attached hydrogens (tertiary/aromatic N) is 5. The van der Waals surface area contributed by atoms with Crippen LogP contribution in [0.5, 0.6) is 0 Å². The summed E-state index contributed by atoms with van der Waals surface area (Å²) in [7, 11) is 0. The molecule has 2 aromatic rings. The summed E-state index contributed by atoms with van der Waals surface area (Å²) in [5, 5.41) is 20.4. The highest BCUT2D eigenvalue weighted by molar-refractivity contribution is 7.81. The van der Waals surface area contributed by atoms with Crippen molar-refractivity contribution in [3.05, 3.63) is 47.0 Å². The first-order chi connectivity index (χ1) is 14.9. The van der Waals surface area contributed by atoms with Gasteiger partial charge in [0.15, 0.2) is 11.6 Å². The molecule has 2 aliphatic rings. The second kappa shape index (κ2) is 10.5. The van der Waals surface area contributed by atoms with E-state index in [0.29, 0.717) is 30.9 Å². The number of likely N-dealkylation sites (tertiary alicyclic amines) is 1. The largest absolute Gasteiger partial charge is 0.481 e. The number of ketones is 1. The Bertz CT molecular complexity index is 1010. The number of benzene rings is 1. The zero-order valence-electron chi connectivity index (χ0n) is 17.3. The van der Waals surface area contributed by atoms with Gasteiger partial charge in [0.25, 0.3) is 0 Å². The van der Waals surface area contributed by atoms with Crippen LogP contribution in [0.25, 0.3) is 6.08 Å². The van der Waals surface area contributed by atoms with Gasteiger partial charge in [0.2, 0.25) is 0 Å². The molecule has 1 N–H and O–H groups in total. The van der Waals surface area contributed by atoms with E-state index in [-0.39, 0.29) is 48.1 Å². The molecule has 0 spiro atoms. The zero-order valence-corrected chi connectivity index (χ0v) is 19.0.